The van der Waals surface area contributed by atoms with E-state index in [-0.39, 0.29) is 11.5 Å². The minimum Gasteiger partial charge on any atom is -0.748 e. The second-order valence-corrected chi connectivity index (χ2v) is 13.0. The lowest BCUT2D eigenvalue weighted by atomic mass is 10.0. The van der Waals surface area contributed by atoms with Crippen LogP contribution in [0.2, 0.25) is 0 Å². The highest BCUT2D eigenvalue weighted by Crippen LogP contribution is 2.13. The Kier molecular flexibility index (Phi) is 22.3. The number of rotatable bonds is 21. The van der Waals surface area contributed by atoms with Gasteiger partial charge in [0.1, 0.15) is 0 Å². The third-order valence-corrected chi connectivity index (χ3v) is 7.45. The van der Waals surface area contributed by atoms with Gasteiger partial charge in [0.2, 0.25) is 0 Å². The Bertz CT molecular complexity index is 633. The maximum Gasteiger partial charge on any atom is 0.264 e. The molecule has 0 aliphatic heterocycles. The minimum absolute atomic E-state index is 0.132. The Balaban J connectivity index is 0. The standard InChI is InChI=1S/C21H45NO3S.C3H8O3S/c1-4-5-6-7-8-9-10-11-12-13-14-15-16-17-19-22(2,3)20-18-21-26(23,24)25;1-2-3-7(4,5)6/h4-21H2,1-3H3;2-3H2,1H3,(H,4,5,6). The lowest BCUT2D eigenvalue weighted by Crippen LogP contribution is -2.41. The molecule has 0 heterocycles. The van der Waals surface area contributed by atoms with Gasteiger partial charge in [0.25, 0.3) is 10.1 Å². The molecule has 0 fully saturated rings. The lowest BCUT2D eigenvalue weighted by molar-refractivity contribution is -0.890. The van der Waals surface area contributed by atoms with E-state index in [2.05, 4.69) is 21.0 Å². The van der Waals surface area contributed by atoms with Crippen LogP contribution < -0.4 is 0 Å². The summed E-state index contributed by atoms with van der Waals surface area (Å²) in [5.74, 6) is -0.361. The van der Waals surface area contributed by atoms with E-state index >= 15 is 0 Å². The van der Waals surface area contributed by atoms with Gasteiger partial charge in [-0.05, 0) is 19.3 Å². The Morgan fingerprint density at radius 1 is 0.576 bits per heavy atom. The van der Waals surface area contributed by atoms with Crippen LogP contribution in [-0.2, 0) is 20.2 Å². The average molecular weight is 516 g/mol. The van der Waals surface area contributed by atoms with Crippen molar-refractivity contribution >= 4 is 20.2 Å². The van der Waals surface area contributed by atoms with Gasteiger partial charge in [0.15, 0.2) is 0 Å². The van der Waals surface area contributed by atoms with Gasteiger partial charge in [0, 0.05) is 12.2 Å². The molecule has 0 aliphatic carbocycles. The van der Waals surface area contributed by atoms with Crippen LogP contribution in [0.15, 0.2) is 0 Å². The van der Waals surface area contributed by atoms with Crippen LogP contribution >= 0.6 is 0 Å². The Hall–Kier alpha value is -0.220. The Morgan fingerprint density at radius 3 is 1.24 bits per heavy atom. The number of unbranched alkanes of at least 4 members (excludes halogenated alkanes) is 13. The fourth-order valence-corrected chi connectivity index (χ4v) is 4.77. The van der Waals surface area contributed by atoms with Crippen LogP contribution in [-0.4, -0.2) is 69.1 Å². The number of hydrogen-bond donors (Lipinski definition) is 1. The first-order valence-corrected chi connectivity index (χ1v) is 16.2. The van der Waals surface area contributed by atoms with Gasteiger partial charge in [-0.2, -0.15) is 8.42 Å². The van der Waals surface area contributed by atoms with E-state index in [9.17, 15) is 21.4 Å². The van der Waals surface area contributed by atoms with Gasteiger partial charge in [-0.15, -0.1) is 0 Å². The molecule has 0 spiro atoms. The zero-order valence-electron chi connectivity index (χ0n) is 21.9. The third kappa shape index (κ3) is 34.0. The molecule has 7 nitrogen and oxygen atoms in total. The van der Waals surface area contributed by atoms with E-state index in [4.69, 9.17) is 4.55 Å². The zero-order chi connectivity index (χ0) is 25.6. The lowest BCUT2D eigenvalue weighted by Gasteiger charge is -2.30. The van der Waals surface area contributed by atoms with Gasteiger partial charge >= 0.3 is 0 Å². The van der Waals surface area contributed by atoms with E-state index in [1.54, 1.807) is 6.92 Å². The predicted octanol–water partition coefficient (Wildman–Crippen LogP) is 5.76. The molecule has 0 radical (unpaired) electrons. The molecule has 0 atom stereocenters. The fraction of sp³-hybridized carbons (Fsp3) is 1.00. The molecule has 202 valence electrons. The largest absolute Gasteiger partial charge is 0.748 e. The van der Waals surface area contributed by atoms with Crippen LogP contribution in [0.5, 0.6) is 0 Å². The summed E-state index contributed by atoms with van der Waals surface area (Å²) in [4.78, 5) is 0. The van der Waals surface area contributed by atoms with Crippen LogP contribution in [0.1, 0.15) is 117 Å². The molecule has 0 amide bonds. The van der Waals surface area contributed by atoms with Gasteiger partial charge in [0.05, 0.1) is 43.1 Å². The van der Waals surface area contributed by atoms with Gasteiger partial charge in [-0.3, -0.25) is 4.55 Å². The van der Waals surface area contributed by atoms with E-state index in [1.807, 2.05) is 0 Å². The summed E-state index contributed by atoms with van der Waals surface area (Å²) in [6.45, 7) is 5.79. The highest BCUT2D eigenvalue weighted by Gasteiger charge is 2.14. The van der Waals surface area contributed by atoms with Crippen molar-refractivity contribution in [3.05, 3.63) is 0 Å². The maximum absolute atomic E-state index is 10.7. The van der Waals surface area contributed by atoms with Crippen molar-refractivity contribution in [1.29, 1.82) is 0 Å². The molecule has 0 unspecified atom stereocenters. The summed E-state index contributed by atoms with van der Waals surface area (Å²) < 4.78 is 60.3. The molecule has 0 saturated carbocycles. The first-order valence-electron chi connectivity index (χ1n) is 13.0. The molecule has 33 heavy (non-hydrogen) atoms. The summed E-state index contributed by atoms with van der Waals surface area (Å²) in [7, 11) is -3.48. The predicted molar refractivity (Wildman–Crippen MR) is 138 cm³/mol. The SMILES string of the molecule is CCCCCCCCCCCCCCCC[N+](C)(C)CCCS(=O)(=O)[O-].CCCS(=O)(=O)O. The van der Waals surface area contributed by atoms with Gasteiger partial charge in [-0.1, -0.05) is 90.9 Å². The summed E-state index contributed by atoms with van der Waals surface area (Å²) >= 11 is 0. The first kappa shape index (κ1) is 34.9. The van der Waals surface area contributed by atoms with E-state index < -0.39 is 20.2 Å². The van der Waals surface area contributed by atoms with Crippen molar-refractivity contribution in [2.45, 2.75) is 117 Å². The van der Waals surface area contributed by atoms with E-state index in [1.165, 1.54) is 89.9 Å². The summed E-state index contributed by atoms with van der Waals surface area (Å²) in [6, 6.07) is 0. The molecule has 0 aliphatic rings. The zero-order valence-corrected chi connectivity index (χ0v) is 23.5. The molecule has 0 aromatic rings. The smallest absolute Gasteiger partial charge is 0.264 e. The highest BCUT2D eigenvalue weighted by atomic mass is 32.2. The average Bonchev–Trinajstić information content (AvgIpc) is 2.66. The number of quaternary nitrogens is 1. The molecule has 0 rings (SSSR count). The highest BCUT2D eigenvalue weighted by molar-refractivity contribution is 7.85. The van der Waals surface area contributed by atoms with Crippen molar-refractivity contribution in [3.63, 3.8) is 0 Å². The van der Waals surface area contributed by atoms with Crippen molar-refractivity contribution in [1.82, 2.24) is 0 Å². The fourth-order valence-electron chi connectivity index (χ4n) is 3.77. The van der Waals surface area contributed by atoms with Crippen molar-refractivity contribution in [2.24, 2.45) is 0 Å². The third-order valence-electron chi connectivity index (χ3n) is 5.74. The molecule has 0 aromatic carbocycles. The number of hydrogen-bond acceptors (Lipinski definition) is 5. The monoisotopic (exact) mass is 515 g/mol. The van der Waals surface area contributed by atoms with Crippen LogP contribution in [0, 0.1) is 0 Å². The summed E-state index contributed by atoms with van der Waals surface area (Å²) in [5, 5.41) is 0. The van der Waals surface area contributed by atoms with Crippen molar-refractivity contribution in [3.8, 4) is 0 Å². The summed E-state index contributed by atoms with van der Waals surface area (Å²) in [5.41, 5.74) is 0. The van der Waals surface area contributed by atoms with Gasteiger partial charge < -0.3 is 9.04 Å². The maximum atomic E-state index is 10.7. The van der Waals surface area contributed by atoms with Crippen LogP contribution in [0.4, 0.5) is 0 Å². The molecule has 0 saturated heterocycles. The van der Waals surface area contributed by atoms with Crippen LogP contribution in [0.25, 0.3) is 0 Å². The second kappa shape index (κ2) is 21.1. The normalized spacial score (nSPS) is 12.4. The molecule has 9 heteroatoms. The van der Waals surface area contributed by atoms with E-state index in [0.29, 0.717) is 12.8 Å². The van der Waals surface area contributed by atoms with Gasteiger partial charge in [-0.25, -0.2) is 8.42 Å². The van der Waals surface area contributed by atoms with Crippen molar-refractivity contribution in [2.75, 3.05) is 38.7 Å². The molecule has 1 N–H and O–H groups in total. The molecular formula is C24H53NO6S2. The van der Waals surface area contributed by atoms with Crippen LogP contribution in [0.3, 0.4) is 0 Å². The topological polar surface area (TPSA) is 112 Å². The number of nitrogens with zero attached hydrogens (tertiary/aromatic N) is 1. The molecule has 0 aromatic heterocycles. The second-order valence-electron chi connectivity index (χ2n) is 9.88. The molecular weight excluding hydrogens is 462 g/mol. The quantitative estimate of drug-likeness (QED) is 0.118. The van der Waals surface area contributed by atoms with Crippen molar-refractivity contribution < 1.29 is 30.4 Å². The summed E-state index contributed by atoms with van der Waals surface area (Å²) in [6.07, 6.45) is 20.1. The minimum atomic E-state index is -4.06. The molecule has 0 bridgehead atoms. The van der Waals surface area contributed by atoms with E-state index in [0.717, 1.165) is 17.6 Å². The first-order chi connectivity index (χ1) is 15.3. The Labute approximate surface area is 205 Å². The Morgan fingerprint density at radius 2 is 0.939 bits per heavy atom.